The molecule has 0 aliphatic rings. The van der Waals surface area contributed by atoms with Crippen molar-refractivity contribution in [3.63, 3.8) is 0 Å². The Morgan fingerprint density at radius 2 is 1.10 bits per heavy atom. The van der Waals surface area contributed by atoms with Gasteiger partial charge in [0.2, 0.25) is 5.91 Å². The quantitative estimate of drug-likeness (QED) is 0.382. The van der Waals surface area contributed by atoms with Gasteiger partial charge in [-0.25, -0.2) is 0 Å². The standard InChI is InChI=1S/C18H37NO/c1-4-7-10-11-12-13-14-15-18(20)19(16-8-5-2)17-9-6-3/h4-17H2,1-3H3. The number of amides is 1. The first-order valence-electron chi connectivity index (χ1n) is 9.04. The van der Waals surface area contributed by atoms with E-state index in [1.165, 1.54) is 51.4 Å². The molecule has 0 saturated heterocycles. The van der Waals surface area contributed by atoms with Crippen LogP contribution in [0.25, 0.3) is 0 Å². The summed E-state index contributed by atoms with van der Waals surface area (Å²) in [5.41, 5.74) is 0. The van der Waals surface area contributed by atoms with Crippen LogP contribution >= 0.6 is 0 Å². The first kappa shape index (κ1) is 19.5. The molecule has 0 unspecified atom stereocenters. The number of carbonyl (C=O) groups excluding carboxylic acids is 1. The van der Waals surface area contributed by atoms with E-state index in [-0.39, 0.29) is 0 Å². The summed E-state index contributed by atoms with van der Waals surface area (Å²) in [5.74, 6) is 0.389. The van der Waals surface area contributed by atoms with Crippen molar-refractivity contribution < 1.29 is 4.79 Å². The highest BCUT2D eigenvalue weighted by Gasteiger charge is 2.11. The molecule has 0 bridgehead atoms. The van der Waals surface area contributed by atoms with Crippen LogP contribution in [0.1, 0.15) is 97.8 Å². The lowest BCUT2D eigenvalue weighted by Gasteiger charge is -2.22. The van der Waals surface area contributed by atoms with Crippen LogP contribution in [-0.4, -0.2) is 23.9 Å². The van der Waals surface area contributed by atoms with Gasteiger partial charge in [0, 0.05) is 19.5 Å². The Labute approximate surface area is 127 Å². The van der Waals surface area contributed by atoms with Crippen molar-refractivity contribution in [3.05, 3.63) is 0 Å². The molecule has 0 aromatic carbocycles. The maximum Gasteiger partial charge on any atom is 0.222 e. The van der Waals surface area contributed by atoms with Crippen molar-refractivity contribution in [2.75, 3.05) is 13.1 Å². The van der Waals surface area contributed by atoms with E-state index in [4.69, 9.17) is 0 Å². The van der Waals surface area contributed by atoms with Gasteiger partial charge >= 0.3 is 0 Å². The summed E-state index contributed by atoms with van der Waals surface area (Å²) in [5, 5.41) is 0. The molecule has 1 amide bonds. The smallest absolute Gasteiger partial charge is 0.222 e. The molecule has 0 saturated carbocycles. The lowest BCUT2D eigenvalue weighted by molar-refractivity contribution is -0.131. The number of hydrogen-bond donors (Lipinski definition) is 0. The van der Waals surface area contributed by atoms with Crippen molar-refractivity contribution in [1.82, 2.24) is 4.90 Å². The van der Waals surface area contributed by atoms with E-state index in [0.29, 0.717) is 5.91 Å². The van der Waals surface area contributed by atoms with Gasteiger partial charge in [0.15, 0.2) is 0 Å². The first-order chi connectivity index (χ1) is 9.76. The van der Waals surface area contributed by atoms with Gasteiger partial charge in [-0.05, 0) is 19.3 Å². The molecule has 2 nitrogen and oxygen atoms in total. The number of rotatable bonds is 14. The van der Waals surface area contributed by atoms with Crippen LogP contribution in [-0.2, 0) is 4.79 Å². The van der Waals surface area contributed by atoms with Crippen molar-refractivity contribution in [2.45, 2.75) is 97.8 Å². The summed E-state index contributed by atoms with van der Waals surface area (Å²) < 4.78 is 0. The van der Waals surface area contributed by atoms with Crippen LogP contribution in [0, 0.1) is 0 Å². The Morgan fingerprint density at radius 1 is 0.650 bits per heavy atom. The van der Waals surface area contributed by atoms with Crippen LogP contribution in [0.4, 0.5) is 0 Å². The number of nitrogens with zero attached hydrogens (tertiary/aromatic N) is 1. The van der Waals surface area contributed by atoms with E-state index in [0.717, 1.165) is 38.8 Å². The fraction of sp³-hybridized carbons (Fsp3) is 0.944. The molecule has 0 aromatic heterocycles. The molecule has 0 atom stereocenters. The fourth-order valence-corrected chi connectivity index (χ4v) is 2.45. The Morgan fingerprint density at radius 3 is 1.60 bits per heavy atom. The Kier molecular flexibility index (Phi) is 14.5. The predicted molar refractivity (Wildman–Crippen MR) is 89.0 cm³/mol. The van der Waals surface area contributed by atoms with Crippen LogP contribution in [0.15, 0.2) is 0 Å². The van der Waals surface area contributed by atoms with Crippen molar-refractivity contribution in [2.24, 2.45) is 0 Å². The van der Waals surface area contributed by atoms with Gasteiger partial charge in [0.25, 0.3) is 0 Å². The highest BCUT2D eigenvalue weighted by atomic mass is 16.2. The zero-order valence-electron chi connectivity index (χ0n) is 14.3. The normalized spacial score (nSPS) is 10.8. The Bertz CT molecular complexity index is 207. The van der Waals surface area contributed by atoms with Gasteiger partial charge in [-0.1, -0.05) is 72.1 Å². The summed E-state index contributed by atoms with van der Waals surface area (Å²) in [6.07, 6.45) is 14.4. The third-order valence-electron chi connectivity index (χ3n) is 3.91. The topological polar surface area (TPSA) is 20.3 Å². The molecule has 0 aliphatic carbocycles. The second kappa shape index (κ2) is 14.9. The minimum atomic E-state index is 0.389. The lowest BCUT2D eigenvalue weighted by atomic mass is 10.1. The Balaban J connectivity index is 3.71. The van der Waals surface area contributed by atoms with Crippen LogP contribution < -0.4 is 0 Å². The molecule has 0 rings (SSSR count). The monoisotopic (exact) mass is 283 g/mol. The van der Waals surface area contributed by atoms with Gasteiger partial charge in [-0.15, -0.1) is 0 Å². The molecule has 2 heteroatoms. The molecule has 0 radical (unpaired) electrons. The SMILES string of the molecule is CCCCCCCCCC(=O)N(CCCC)CCCC. The summed E-state index contributed by atoms with van der Waals surface area (Å²) in [6.45, 7) is 8.56. The van der Waals surface area contributed by atoms with E-state index in [1.54, 1.807) is 0 Å². The molecule has 0 N–H and O–H groups in total. The largest absolute Gasteiger partial charge is 0.343 e. The van der Waals surface area contributed by atoms with E-state index >= 15 is 0 Å². The summed E-state index contributed by atoms with van der Waals surface area (Å²) in [6, 6.07) is 0. The van der Waals surface area contributed by atoms with Crippen LogP contribution in [0.3, 0.4) is 0 Å². The van der Waals surface area contributed by atoms with E-state index in [2.05, 4.69) is 25.7 Å². The molecule has 0 spiro atoms. The third kappa shape index (κ3) is 11.3. The molecule has 0 fully saturated rings. The van der Waals surface area contributed by atoms with Gasteiger partial charge in [0.1, 0.15) is 0 Å². The summed E-state index contributed by atoms with van der Waals surface area (Å²) in [7, 11) is 0. The van der Waals surface area contributed by atoms with Crippen molar-refractivity contribution >= 4 is 5.91 Å². The average Bonchev–Trinajstić information content (AvgIpc) is 2.46. The van der Waals surface area contributed by atoms with E-state index in [9.17, 15) is 4.79 Å². The van der Waals surface area contributed by atoms with Gasteiger partial charge in [-0.3, -0.25) is 4.79 Å². The number of carbonyl (C=O) groups is 1. The molecule has 0 heterocycles. The van der Waals surface area contributed by atoms with Crippen molar-refractivity contribution in [3.8, 4) is 0 Å². The highest BCUT2D eigenvalue weighted by Crippen LogP contribution is 2.10. The molecular formula is C18H37NO. The molecule has 20 heavy (non-hydrogen) atoms. The second-order valence-electron chi connectivity index (χ2n) is 5.96. The minimum Gasteiger partial charge on any atom is -0.343 e. The number of unbranched alkanes of at least 4 members (excludes halogenated alkanes) is 8. The van der Waals surface area contributed by atoms with E-state index in [1.807, 2.05) is 0 Å². The zero-order valence-corrected chi connectivity index (χ0v) is 14.3. The van der Waals surface area contributed by atoms with Gasteiger partial charge < -0.3 is 4.90 Å². The molecule has 0 aromatic rings. The third-order valence-corrected chi connectivity index (χ3v) is 3.91. The predicted octanol–water partition coefficient (Wildman–Crippen LogP) is 5.56. The lowest BCUT2D eigenvalue weighted by Crippen LogP contribution is -2.32. The second-order valence-corrected chi connectivity index (χ2v) is 5.96. The summed E-state index contributed by atoms with van der Waals surface area (Å²) in [4.78, 5) is 14.3. The van der Waals surface area contributed by atoms with Crippen LogP contribution in [0.2, 0.25) is 0 Å². The molecule has 0 aliphatic heterocycles. The maximum atomic E-state index is 12.2. The minimum absolute atomic E-state index is 0.389. The highest BCUT2D eigenvalue weighted by molar-refractivity contribution is 5.76. The van der Waals surface area contributed by atoms with E-state index < -0.39 is 0 Å². The van der Waals surface area contributed by atoms with Gasteiger partial charge in [0.05, 0.1) is 0 Å². The van der Waals surface area contributed by atoms with Crippen LogP contribution in [0.5, 0.6) is 0 Å². The maximum absolute atomic E-state index is 12.2. The van der Waals surface area contributed by atoms with Gasteiger partial charge in [-0.2, -0.15) is 0 Å². The first-order valence-corrected chi connectivity index (χ1v) is 9.04. The number of hydrogen-bond acceptors (Lipinski definition) is 1. The molecule has 120 valence electrons. The fourth-order valence-electron chi connectivity index (χ4n) is 2.45. The Hall–Kier alpha value is -0.530. The summed E-state index contributed by atoms with van der Waals surface area (Å²) >= 11 is 0. The average molecular weight is 284 g/mol. The van der Waals surface area contributed by atoms with Crippen molar-refractivity contribution in [1.29, 1.82) is 0 Å². The zero-order chi connectivity index (χ0) is 15.1. The molecular weight excluding hydrogens is 246 g/mol.